The van der Waals surface area contributed by atoms with Crippen LogP contribution in [0.2, 0.25) is 0 Å². The maximum atomic E-state index is 12.5. The molecular formula is C13H16N2O2S2. The Morgan fingerprint density at radius 3 is 2.63 bits per heavy atom. The van der Waals surface area contributed by atoms with E-state index in [1.54, 1.807) is 18.6 Å². The van der Waals surface area contributed by atoms with Gasteiger partial charge >= 0.3 is 0 Å². The van der Waals surface area contributed by atoms with Crippen LogP contribution in [0.25, 0.3) is 0 Å². The van der Waals surface area contributed by atoms with E-state index in [1.165, 1.54) is 15.6 Å². The summed E-state index contributed by atoms with van der Waals surface area (Å²) in [6, 6.07) is 5.36. The Hall–Kier alpha value is -1.24. The Morgan fingerprint density at radius 1 is 1.32 bits per heavy atom. The molecule has 0 saturated carbocycles. The van der Waals surface area contributed by atoms with E-state index < -0.39 is 10.0 Å². The van der Waals surface area contributed by atoms with Crippen molar-refractivity contribution in [3.63, 3.8) is 0 Å². The Balaban J connectivity index is 2.31. The lowest BCUT2D eigenvalue weighted by Crippen LogP contribution is -2.27. The molecule has 0 aliphatic rings. The number of sulfonamides is 1. The molecule has 0 unspecified atom stereocenters. The third-order valence-electron chi connectivity index (χ3n) is 2.89. The lowest BCUT2D eigenvalue weighted by molar-refractivity contribution is 0.462. The average Bonchev–Trinajstić information content (AvgIpc) is 2.81. The summed E-state index contributed by atoms with van der Waals surface area (Å²) in [7, 11) is -1.89. The molecular weight excluding hydrogens is 280 g/mol. The van der Waals surface area contributed by atoms with Crippen LogP contribution >= 0.6 is 11.3 Å². The number of hydrogen-bond donors (Lipinski definition) is 0. The molecule has 0 aliphatic carbocycles. The Bertz CT molecular complexity index is 664. The highest BCUT2D eigenvalue weighted by Crippen LogP contribution is 2.21. The second-order valence-corrected chi connectivity index (χ2v) is 7.24. The molecule has 19 heavy (non-hydrogen) atoms. The van der Waals surface area contributed by atoms with E-state index in [1.807, 2.05) is 31.4 Å². The number of aromatic nitrogens is 1. The van der Waals surface area contributed by atoms with Crippen LogP contribution in [0.5, 0.6) is 0 Å². The molecule has 0 aliphatic heterocycles. The fourth-order valence-corrected chi connectivity index (χ4v) is 3.78. The molecule has 4 nitrogen and oxygen atoms in total. The predicted molar refractivity (Wildman–Crippen MR) is 76.7 cm³/mol. The molecule has 1 aromatic heterocycles. The highest BCUT2D eigenvalue weighted by Gasteiger charge is 2.23. The minimum absolute atomic E-state index is 0.291. The van der Waals surface area contributed by atoms with Crippen LogP contribution in [0.4, 0.5) is 0 Å². The molecule has 2 rings (SSSR count). The van der Waals surface area contributed by atoms with Crippen LogP contribution in [0.3, 0.4) is 0 Å². The van der Waals surface area contributed by atoms with E-state index in [9.17, 15) is 8.42 Å². The van der Waals surface area contributed by atoms with E-state index in [0.717, 1.165) is 16.8 Å². The molecule has 6 heteroatoms. The molecule has 2 aromatic rings. The highest BCUT2D eigenvalue weighted by atomic mass is 32.2. The minimum Gasteiger partial charge on any atom is -0.248 e. The van der Waals surface area contributed by atoms with Crippen molar-refractivity contribution in [2.75, 3.05) is 7.05 Å². The first-order valence-corrected chi connectivity index (χ1v) is 8.20. The lowest BCUT2D eigenvalue weighted by Gasteiger charge is -2.17. The van der Waals surface area contributed by atoms with Crippen LogP contribution in [-0.4, -0.2) is 24.8 Å². The SMILES string of the molecule is Cc1ccc(S(=O)(=O)N(C)Cc2cscn2)c(C)c1. The van der Waals surface area contributed by atoms with E-state index >= 15 is 0 Å². The summed E-state index contributed by atoms with van der Waals surface area (Å²) in [5.74, 6) is 0. The summed E-state index contributed by atoms with van der Waals surface area (Å²) in [6.45, 7) is 4.05. The summed E-state index contributed by atoms with van der Waals surface area (Å²) in [4.78, 5) is 4.47. The van der Waals surface area contributed by atoms with Crippen molar-refractivity contribution in [2.45, 2.75) is 25.3 Å². The van der Waals surface area contributed by atoms with E-state index in [-0.39, 0.29) is 0 Å². The quantitative estimate of drug-likeness (QED) is 0.871. The average molecular weight is 296 g/mol. The van der Waals surface area contributed by atoms with Gasteiger partial charge in [0.15, 0.2) is 0 Å². The van der Waals surface area contributed by atoms with Crippen molar-refractivity contribution in [3.8, 4) is 0 Å². The first kappa shape index (κ1) is 14.2. The van der Waals surface area contributed by atoms with Crippen LogP contribution in [0, 0.1) is 13.8 Å². The normalized spacial score (nSPS) is 12.0. The third-order valence-corrected chi connectivity index (χ3v) is 5.49. The Morgan fingerprint density at radius 2 is 2.05 bits per heavy atom. The van der Waals surface area contributed by atoms with Crippen molar-refractivity contribution in [1.29, 1.82) is 0 Å². The zero-order chi connectivity index (χ0) is 14.0. The van der Waals surface area contributed by atoms with Gasteiger partial charge in [-0.15, -0.1) is 11.3 Å². The van der Waals surface area contributed by atoms with Gasteiger partial charge in [-0.25, -0.2) is 13.4 Å². The molecule has 0 spiro atoms. The molecule has 0 bridgehead atoms. The third kappa shape index (κ3) is 3.02. The molecule has 1 aromatic carbocycles. The zero-order valence-electron chi connectivity index (χ0n) is 11.1. The smallest absolute Gasteiger partial charge is 0.243 e. The molecule has 0 radical (unpaired) electrons. The van der Waals surface area contributed by atoms with Gasteiger partial charge in [-0.2, -0.15) is 4.31 Å². The van der Waals surface area contributed by atoms with Crippen molar-refractivity contribution < 1.29 is 8.42 Å². The van der Waals surface area contributed by atoms with Gasteiger partial charge in [0, 0.05) is 12.4 Å². The fraction of sp³-hybridized carbons (Fsp3) is 0.308. The van der Waals surface area contributed by atoms with Gasteiger partial charge in [-0.1, -0.05) is 17.7 Å². The van der Waals surface area contributed by atoms with E-state index in [2.05, 4.69) is 4.98 Å². The largest absolute Gasteiger partial charge is 0.248 e. The zero-order valence-corrected chi connectivity index (χ0v) is 12.8. The van der Waals surface area contributed by atoms with Gasteiger partial charge in [-0.3, -0.25) is 0 Å². The molecule has 0 fully saturated rings. The maximum Gasteiger partial charge on any atom is 0.243 e. The van der Waals surface area contributed by atoms with Gasteiger partial charge in [0.2, 0.25) is 10.0 Å². The number of nitrogens with zero attached hydrogens (tertiary/aromatic N) is 2. The summed E-state index contributed by atoms with van der Waals surface area (Å²) in [5, 5.41) is 1.86. The molecule has 0 amide bonds. The summed E-state index contributed by atoms with van der Waals surface area (Å²) in [6.07, 6.45) is 0. The molecule has 0 saturated heterocycles. The number of rotatable bonds is 4. The van der Waals surface area contributed by atoms with Gasteiger partial charge in [0.1, 0.15) is 0 Å². The number of benzene rings is 1. The van der Waals surface area contributed by atoms with Crippen molar-refractivity contribution in [2.24, 2.45) is 0 Å². The highest BCUT2D eigenvalue weighted by molar-refractivity contribution is 7.89. The van der Waals surface area contributed by atoms with Crippen LogP contribution in [-0.2, 0) is 16.6 Å². The standard InChI is InChI=1S/C13H16N2O2S2/c1-10-4-5-13(11(2)6-10)19(16,17)15(3)7-12-8-18-9-14-12/h4-6,8-9H,7H2,1-3H3. The molecule has 0 N–H and O–H groups in total. The summed E-state index contributed by atoms with van der Waals surface area (Å²) >= 11 is 1.46. The first-order chi connectivity index (χ1) is 8.91. The molecule has 0 atom stereocenters. The second-order valence-electron chi connectivity index (χ2n) is 4.51. The maximum absolute atomic E-state index is 12.5. The van der Waals surface area contributed by atoms with E-state index in [4.69, 9.17) is 0 Å². The minimum atomic E-state index is -3.46. The van der Waals surface area contributed by atoms with Gasteiger partial charge < -0.3 is 0 Å². The number of aryl methyl sites for hydroxylation is 2. The number of hydrogen-bond acceptors (Lipinski definition) is 4. The van der Waals surface area contributed by atoms with Crippen molar-refractivity contribution in [3.05, 3.63) is 45.9 Å². The van der Waals surface area contributed by atoms with Crippen molar-refractivity contribution in [1.82, 2.24) is 9.29 Å². The fourth-order valence-electron chi connectivity index (χ4n) is 1.89. The van der Waals surface area contributed by atoms with Crippen LogP contribution in [0.15, 0.2) is 34.0 Å². The summed E-state index contributed by atoms with van der Waals surface area (Å²) < 4.78 is 26.3. The van der Waals surface area contributed by atoms with Crippen LogP contribution < -0.4 is 0 Å². The first-order valence-electron chi connectivity index (χ1n) is 5.82. The van der Waals surface area contributed by atoms with Crippen LogP contribution in [0.1, 0.15) is 16.8 Å². The van der Waals surface area contributed by atoms with E-state index in [0.29, 0.717) is 11.4 Å². The van der Waals surface area contributed by atoms with Gasteiger partial charge in [0.25, 0.3) is 0 Å². The molecule has 1 heterocycles. The monoisotopic (exact) mass is 296 g/mol. The molecule has 102 valence electrons. The topological polar surface area (TPSA) is 50.3 Å². The Labute approximate surface area is 117 Å². The summed E-state index contributed by atoms with van der Waals surface area (Å²) in [5.41, 5.74) is 4.29. The van der Waals surface area contributed by atoms with Gasteiger partial charge in [-0.05, 0) is 25.5 Å². The van der Waals surface area contributed by atoms with Crippen molar-refractivity contribution >= 4 is 21.4 Å². The predicted octanol–water partition coefficient (Wildman–Crippen LogP) is 2.58. The number of thiazole rings is 1. The second kappa shape index (κ2) is 5.40. The van der Waals surface area contributed by atoms with Gasteiger partial charge in [0.05, 0.1) is 22.6 Å². The lowest BCUT2D eigenvalue weighted by atomic mass is 10.2. The Kier molecular flexibility index (Phi) is 4.03.